The lowest BCUT2D eigenvalue weighted by atomic mass is 9.75. The molecule has 2 heteroatoms. The number of aryl methyl sites for hydroxylation is 1. The fourth-order valence-corrected chi connectivity index (χ4v) is 2.86. The predicted octanol–water partition coefficient (Wildman–Crippen LogP) is 3.40. The first-order valence-electron chi connectivity index (χ1n) is 6.27. The lowest BCUT2D eigenvalue weighted by Gasteiger charge is -2.35. The first-order chi connectivity index (χ1) is 8.70. The van der Waals surface area contributed by atoms with Gasteiger partial charge in [0.1, 0.15) is 11.4 Å². The Balaban J connectivity index is 2.16. The molecule has 0 bridgehead atoms. The Bertz CT molecular complexity index is 579. The first kappa shape index (κ1) is 11.4. The van der Waals surface area contributed by atoms with Crippen LogP contribution < -0.4 is 0 Å². The van der Waals surface area contributed by atoms with Gasteiger partial charge >= 0.3 is 0 Å². The molecule has 18 heavy (non-hydrogen) atoms. The van der Waals surface area contributed by atoms with Crippen molar-refractivity contribution in [2.45, 2.75) is 24.9 Å². The van der Waals surface area contributed by atoms with E-state index in [1.54, 1.807) is 12.1 Å². The van der Waals surface area contributed by atoms with Gasteiger partial charge in [0.05, 0.1) is 0 Å². The molecule has 0 aromatic heterocycles. The summed E-state index contributed by atoms with van der Waals surface area (Å²) in [5.41, 5.74) is 1.68. The summed E-state index contributed by atoms with van der Waals surface area (Å²) in [6.07, 6.45) is 2.55. The number of halogens is 1. The number of hydrogen-bond donors (Lipinski definition) is 1. The summed E-state index contributed by atoms with van der Waals surface area (Å²) in [5, 5.41) is 11.0. The largest absolute Gasteiger partial charge is 0.380 e. The van der Waals surface area contributed by atoms with Gasteiger partial charge in [-0.25, -0.2) is 4.39 Å². The maximum Gasteiger partial charge on any atom is 0.123 e. The third kappa shape index (κ3) is 1.73. The van der Waals surface area contributed by atoms with Crippen molar-refractivity contribution in [3.05, 3.63) is 71.0 Å². The first-order valence-corrected chi connectivity index (χ1v) is 6.27. The Kier molecular flexibility index (Phi) is 2.67. The molecule has 0 heterocycles. The van der Waals surface area contributed by atoms with Gasteiger partial charge < -0.3 is 5.11 Å². The molecule has 1 atom stereocenters. The molecule has 1 N–H and O–H groups in total. The van der Waals surface area contributed by atoms with E-state index in [0.717, 1.165) is 24.0 Å². The van der Waals surface area contributed by atoms with Crippen molar-refractivity contribution in [2.75, 3.05) is 0 Å². The van der Waals surface area contributed by atoms with Gasteiger partial charge in [0, 0.05) is 0 Å². The van der Waals surface area contributed by atoms with Crippen molar-refractivity contribution in [2.24, 2.45) is 0 Å². The molecule has 0 amide bonds. The minimum absolute atomic E-state index is 0.302. The van der Waals surface area contributed by atoms with E-state index in [1.165, 1.54) is 12.1 Å². The van der Waals surface area contributed by atoms with Crippen LogP contribution >= 0.6 is 0 Å². The van der Waals surface area contributed by atoms with Crippen LogP contribution in [0.2, 0.25) is 0 Å². The lowest BCUT2D eigenvalue weighted by molar-refractivity contribution is 0.0613. The number of hydrogen-bond acceptors (Lipinski definition) is 1. The van der Waals surface area contributed by atoms with Gasteiger partial charge in [-0.3, -0.25) is 0 Å². The second-order valence-corrected chi connectivity index (χ2v) is 4.88. The van der Waals surface area contributed by atoms with E-state index in [1.807, 2.05) is 24.3 Å². The van der Waals surface area contributed by atoms with Gasteiger partial charge in [-0.2, -0.15) is 0 Å². The molecule has 0 spiro atoms. The van der Waals surface area contributed by atoms with E-state index < -0.39 is 5.60 Å². The zero-order valence-electron chi connectivity index (χ0n) is 10.1. The van der Waals surface area contributed by atoms with Gasteiger partial charge in [0.2, 0.25) is 0 Å². The number of aliphatic hydroxyl groups is 1. The predicted molar refractivity (Wildman–Crippen MR) is 68.8 cm³/mol. The topological polar surface area (TPSA) is 20.2 Å². The van der Waals surface area contributed by atoms with Crippen LogP contribution in [-0.2, 0) is 12.0 Å². The Labute approximate surface area is 106 Å². The quantitative estimate of drug-likeness (QED) is 0.812. The van der Waals surface area contributed by atoms with E-state index in [2.05, 4.69) is 0 Å². The smallest absolute Gasteiger partial charge is 0.123 e. The van der Waals surface area contributed by atoms with Gasteiger partial charge in [-0.05, 0) is 48.1 Å². The van der Waals surface area contributed by atoms with E-state index in [-0.39, 0.29) is 5.82 Å². The molecule has 3 rings (SSSR count). The molecule has 1 nitrogen and oxygen atoms in total. The molecular formula is C16H15FO. The zero-order valence-corrected chi connectivity index (χ0v) is 10.1. The highest BCUT2D eigenvalue weighted by Crippen LogP contribution is 2.40. The summed E-state index contributed by atoms with van der Waals surface area (Å²) < 4.78 is 13.4. The highest BCUT2D eigenvalue weighted by atomic mass is 19.1. The SMILES string of the molecule is OC1(c2cccc(F)c2)CCCc2ccccc21. The minimum Gasteiger partial charge on any atom is -0.380 e. The average Bonchev–Trinajstić information content (AvgIpc) is 2.39. The minimum atomic E-state index is -1.04. The van der Waals surface area contributed by atoms with Crippen molar-refractivity contribution in [1.82, 2.24) is 0 Å². The number of rotatable bonds is 1. The van der Waals surface area contributed by atoms with E-state index >= 15 is 0 Å². The van der Waals surface area contributed by atoms with Crippen molar-refractivity contribution in [3.63, 3.8) is 0 Å². The van der Waals surface area contributed by atoms with Crippen molar-refractivity contribution >= 4 is 0 Å². The summed E-state index contributed by atoms with van der Waals surface area (Å²) in [5.74, 6) is -0.302. The highest BCUT2D eigenvalue weighted by Gasteiger charge is 2.35. The molecule has 0 aliphatic heterocycles. The Morgan fingerprint density at radius 2 is 1.89 bits per heavy atom. The fraction of sp³-hybridized carbons (Fsp3) is 0.250. The van der Waals surface area contributed by atoms with Gasteiger partial charge in [0.25, 0.3) is 0 Å². The summed E-state index contributed by atoms with van der Waals surface area (Å²) in [6.45, 7) is 0. The molecule has 2 aromatic carbocycles. The van der Waals surface area contributed by atoms with Gasteiger partial charge in [-0.15, -0.1) is 0 Å². The molecule has 2 aromatic rings. The molecule has 0 radical (unpaired) electrons. The molecule has 1 aliphatic carbocycles. The highest BCUT2D eigenvalue weighted by molar-refractivity contribution is 5.42. The van der Waals surface area contributed by atoms with Crippen LogP contribution in [0.1, 0.15) is 29.5 Å². The van der Waals surface area contributed by atoms with E-state index in [4.69, 9.17) is 0 Å². The fourth-order valence-electron chi connectivity index (χ4n) is 2.86. The number of benzene rings is 2. The van der Waals surface area contributed by atoms with Gasteiger partial charge in [0.15, 0.2) is 0 Å². The molecule has 0 saturated heterocycles. The second-order valence-electron chi connectivity index (χ2n) is 4.88. The van der Waals surface area contributed by atoms with Crippen molar-refractivity contribution in [3.8, 4) is 0 Å². The van der Waals surface area contributed by atoms with Crippen molar-refractivity contribution < 1.29 is 9.50 Å². The lowest BCUT2D eigenvalue weighted by Crippen LogP contribution is -2.31. The van der Waals surface area contributed by atoms with Gasteiger partial charge in [-0.1, -0.05) is 36.4 Å². The molecular weight excluding hydrogens is 227 g/mol. The van der Waals surface area contributed by atoms with E-state index in [0.29, 0.717) is 12.0 Å². The van der Waals surface area contributed by atoms with Crippen molar-refractivity contribution in [1.29, 1.82) is 0 Å². The standard InChI is InChI=1S/C16H15FO/c17-14-8-3-7-13(11-14)16(18)10-4-6-12-5-1-2-9-15(12)16/h1-3,5,7-9,11,18H,4,6,10H2. The average molecular weight is 242 g/mol. The molecule has 92 valence electrons. The third-order valence-electron chi connectivity index (χ3n) is 3.75. The van der Waals surface area contributed by atoms with Crippen LogP contribution in [0.5, 0.6) is 0 Å². The van der Waals surface area contributed by atoms with Crippen LogP contribution in [-0.4, -0.2) is 5.11 Å². The number of fused-ring (bicyclic) bond motifs is 1. The third-order valence-corrected chi connectivity index (χ3v) is 3.75. The Morgan fingerprint density at radius 3 is 2.72 bits per heavy atom. The summed E-state index contributed by atoms with van der Waals surface area (Å²) in [6, 6.07) is 14.2. The van der Waals surface area contributed by atoms with Crippen LogP contribution in [0.3, 0.4) is 0 Å². The Hall–Kier alpha value is -1.67. The molecule has 0 fully saturated rings. The van der Waals surface area contributed by atoms with Crippen LogP contribution in [0.15, 0.2) is 48.5 Å². The maximum atomic E-state index is 13.4. The molecule has 1 unspecified atom stereocenters. The summed E-state index contributed by atoms with van der Waals surface area (Å²) >= 11 is 0. The monoisotopic (exact) mass is 242 g/mol. The van der Waals surface area contributed by atoms with Crippen LogP contribution in [0.25, 0.3) is 0 Å². The second kappa shape index (κ2) is 4.21. The normalized spacial score (nSPS) is 22.6. The maximum absolute atomic E-state index is 13.4. The zero-order chi connectivity index (χ0) is 12.6. The summed E-state index contributed by atoms with van der Waals surface area (Å²) in [7, 11) is 0. The van der Waals surface area contributed by atoms with Crippen LogP contribution in [0, 0.1) is 5.82 Å². The van der Waals surface area contributed by atoms with E-state index in [9.17, 15) is 9.50 Å². The molecule has 0 saturated carbocycles. The Morgan fingerprint density at radius 1 is 1.06 bits per heavy atom. The van der Waals surface area contributed by atoms with Crippen LogP contribution in [0.4, 0.5) is 4.39 Å². The molecule has 1 aliphatic rings. The summed E-state index contributed by atoms with van der Waals surface area (Å²) in [4.78, 5) is 0.